The molecule has 3 atom stereocenters. The van der Waals surface area contributed by atoms with Gasteiger partial charge in [-0.1, -0.05) is 78.6 Å². The number of ether oxygens (including phenoxy) is 3. The van der Waals surface area contributed by atoms with E-state index in [-0.39, 0.29) is 23.9 Å². The summed E-state index contributed by atoms with van der Waals surface area (Å²) in [4.78, 5) is 0. The fraction of sp³-hybridized carbons (Fsp3) is 0.676. The molecule has 2 aromatic rings. The summed E-state index contributed by atoms with van der Waals surface area (Å²) in [5, 5.41) is 0. The molecule has 0 fully saturated rings. The molecule has 0 heterocycles. The highest BCUT2D eigenvalue weighted by molar-refractivity contribution is 5.78. The zero-order valence-corrected chi connectivity index (χ0v) is 27.7. The molecule has 0 spiro atoms. The van der Waals surface area contributed by atoms with Gasteiger partial charge in [0.25, 0.3) is 0 Å². The van der Waals surface area contributed by atoms with Crippen molar-refractivity contribution in [2.24, 2.45) is 0 Å². The van der Waals surface area contributed by atoms with Crippen LogP contribution in [0.15, 0.2) is 24.3 Å². The van der Waals surface area contributed by atoms with Gasteiger partial charge in [-0.3, -0.25) is 0 Å². The number of hydrogen-bond acceptors (Lipinski definition) is 3. The van der Waals surface area contributed by atoms with E-state index in [9.17, 15) is 13.2 Å². The number of rotatable bonds is 23. The van der Waals surface area contributed by atoms with Crippen molar-refractivity contribution < 1.29 is 27.4 Å². The summed E-state index contributed by atoms with van der Waals surface area (Å²) in [7, 11) is 0. The van der Waals surface area contributed by atoms with Crippen LogP contribution >= 0.6 is 0 Å². The Labute approximate surface area is 259 Å². The van der Waals surface area contributed by atoms with Crippen molar-refractivity contribution in [1.82, 2.24) is 0 Å². The molecule has 0 N–H and O–H groups in total. The Morgan fingerprint density at radius 2 is 0.953 bits per heavy atom. The van der Waals surface area contributed by atoms with Crippen molar-refractivity contribution in [2.45, 2.75) is 163 Å². The molecule has 3 nitrogen and oxygen atoms in total. The van der Waals surface area contributed by atoms with Crippen LogP contribution in [0.3, 0.4) is 0 Å². The molecule has 6 heteroatoms. The van der Waals surface area contributed by atoms with Crippen molar-refractivity contribution in [3.8, 4) is 28.4 Å². The predicted molar refractivity (Wildman–Crippen MR) is 173 cm³/mol. The molecule has 0 aliphatic heterocycles. The fourth-order valence-corrected chi connectivity index (χ4v) is 5.40. The summed E-state index contributed by atoms with van der Waals surface area (Å²) in [5.74, 6) is -0.321. The molecular formula is C37H57F3O3. The van der Waals surface area contributed by atoms with Crippen LogP contribution in [0.5, 0.6) is 17.2 Å². The van der Waals surface area contributed by atoms with E-state index in [1.807, 2.05) is 26.0 Å². The fourth-order valence-electron chi connectivity index (χ4n) is 5.40. The first-order chi connectivity index (χ1) is 20.7. The molecule has 2 aromatic carbocycles. The van der Waals surface area contributed by atoms with E-state index >= 15 is 0 Å². The van der Waals surface area contributed by atoms with Gasteiger partial charge in [-0.15, -0.1) is 0 Å². The lowest BCUT2D eigenvalue weighted by Crippen LogP contribution is -2.16. The van der Waals surface area contributed by atoms with Gasteiger partial charge in [-0.25, -0.2) is 13.2 Å². The Balaban J connectivity index is 2.53. The zero-order valence-electron chi connectivity index (χ0n) is 27.7. The van der Waals surface area contributed by atoms with E-state index < -0.39 is 23.9 Å². The molecule has 0 aromatic heterocycles. The Morgan fingerprint density at radius 3 is 1.33 bits per heavy atom. The largest absolute Gasteiger partial charge is 0.490 e. The van der Waals surface area contributed by atoms with Gasteiger partial charge >= 0.3 is 0 Å². The van der Waals surface area contributed by atoms with Crippen molar-refractivity contribution in [1.29, 1.82) is 0 Å². The van der Waals surface area contributed by atoms with Crippen LogP contribution in [0.2, 0.25) is 0 Å². The standard InChI is InChI=1S/C37H57F3O3/c1-7-10-13-16-19-27(4)41-31-24-35(42-28(5)20-17-14-11-8-2)37(30-22-33(39)32(26-38)34(40)23-30)36(25-31)43-29(6)21-18-15-12-9-3/h22-25,27-29H,7-21,26H2,1-6H3/t27-,28+,29+/m1/s1. The summed E-state index contributed by atoms with van der Waals surface area (Å²) >= 11 is 0. The van der Waals surface area contributed by atoms with Gasteiger partial charge < -0.3 is 14.2 Å². The number of unbranched alkanes of at least 4 members (excludes halogenated alkanes) is 9. The van der Waals surface area contributed by atoms with E-state index in [1.165, 1.54) is 44.2 Å². The van der Waals surface area contributed by atoms with Gasteiger partial charge in [0.2, 0.25) is 0 Å². The smallest absolute Gasteiger partial charge is 0.134 e. The average molecular weight is 607 g/mol. The van der Waals surface area contributed by atoms with Gasteiger partial charge in [0.1, 0.15) is 35.6 Å². The van der Waals surface area contributed by atoms with Crippen LogP contribution in [0, 0.1) is 11.6 Å². The highest BCUT2D eigenvalue weighted by Crippen LogP contribution is 2.44. The van der Waals surface area contributed by atoms with Crippen molar-refractivity contribution in [3.05, 3.63) is 41.5 Å². The second-order valence-electron chi connectivity index (χ2n) is 12.2. The molecule has 0 saturated carbocycles. The number of alkyl halides is 1. The monoisotopic (exact) mass is 606 g/mol. The molecule has 0 aliphatic carbocycles. The first-order valence-electron chi connectivity index (χ1n) is 17.0. The third-order valence-electron chi connectivity index (χ3n) is 7.99. The van der Waals surface area contributed by atoms with Crippen LogP contribution in [0.25, 0.3) is 11.1 Å². The van der Waals surface area contributed by atoms with Gasteiger partial charge in [-0.05, 0) is 77.0 Å². The third kappa shape index (κ3) is 13.0. The zero-order chi connectivity index (χ0) is 31.6. The van der Waals surface area contributed by atoms with Crippen LogP contribution in [0.1, 0.15) is 143 Å². The first-order valence-corrected chi connectivity index (χ1v) is 17.0. The minimum absolute atomic E-state index is 0.0138. The lowest BCUT2D eigenvalue weighted by atomic mass is 10.00. The number of hydrogen-bond donors (Lipinski definition) is 0. The van der Waals surface area contributed by atoms with Crippen LogP contribution in [-0.4, -0.2) is 18.3 Å². The summed E-state index contributed by atoms with van der Waals surface area (Å²) in [6, 6.07) is 6.00. The second kappa shape index (κ2) is 20.6. The Morgan fingerprint density at radius 1 is 0.558 bits per heavy atom. The van der Waals surface area contributed by atoms with Crippen LogP contribution in [0.4, 0.5) is 13.2 Å². The summed E-state index contributed by atoms with van der Waals surface area (Å²) in [6.45, 7) is 11.4. The minimum Gasteiger partial charge on any atom is -0.490 e. The SMILES string of the molecule is CCCCCC[C@@H](C)Oc1cc(O[C@@H](C)CCCCCC)c(-c2cc(F)c(CF)c(F)c2)c(O[C@@H](C)CCCCCC)c1. The number of halogens is 3. The molecule has 43 heavy (non-hydrogen) atoms. The van der Waals surface area contributed by atoms with Gasteiger partial charge in [0.05, 0.1) is 29.4 Å². The maximum absolute atomic E-state index is 14.9. The topological polar surface area (TPSA) is 27.7 Å². The Bertz CT molecular complexity index is 993. The van der Waals surface area contributed by atoms with E-state index in [0.29, 0.717) is 22.8 Å². The highest BCUT2D eigenvalue weighted by Gasteiger charge is 2.23. The molecule has 2 rings (SSSR count). The summed E-state index contributed by atoms with van der Waals surface area (Å²) < 4.78 is 62.6. The molecule has 0 saturated heterocycles. The molecule has 0 unspecified atom stereocenters. The van der Waals surface area contributed by atoms with E-state index in [2.05, 4.69) is 27.7 Å². The molecular weight excluding hydrogens is 549 g/mol. The van der Waals surface area contributed by atoms with E-state index in [1.54, 1.807) is 0 Å². The quantitative estimate of drug-likeness (QED) is 0.118. The molecule has 244 valence electrons. The lowest BCUT2D eigenvalue weighted by molar-refractivity contribution is 0.185. The van der Waals surface area contributed by atoms with E-state index in [4.69, 9.17) is 14.2 Å². The highest BCUT2D eigenvalue weighted by atomic mass is 19.1. The van der Waals surface area contributed by atoms with Crippen LogP contribution in [-0.2, 0) is 6.67 Å². The maximum atomic E-state index is 14.9. The van der Waals surface area contributed by atoms with Crippen molar-refractivity contribution >= 4 is 0 Å². The van der Waals surface area contributed by atoms with Crippen LogP contribution < -0.4 is 14.2 Å². The minimum atomic E-state index is -1.21. The second-order valence-corrected chi connectivity index (χ2v) is 12.2. The van der Waals surface area contributed by atoms with Gasteiger partial charge in [-0.2, -0.15) is 0 Å². The van der Waals surface area contributed by atoms with E-state index in [0.717, 1.165) is 64.2 Å². The summed E-state index contributed by atoms with van der Waals surface area (Å²) in [6.07, 6.45) is 16.0. The lowest BCUT2D eigenvalue weighted by Gasteiger charge is -2.25. The van der Waals surface area contributed by atoms with Gasteiger partial charge in [0.15, 0.2) is 0 Å². The normalized spacial score (nSPS) is 13.5. The molecule has 0 bridgehead atoms. The maximum Gasteiger partial charge on any atom is 0.134 e. The van der Waals surface area contributed by atoms with Crippen molar-refractivity contribution in [3.63, 3.8) is 0 Å². The Kier molecular flexibility index (Phi) is 17.6. The predicted octanol–water partition coefficient (Wildman–Crippen LogP) is 12.3. The van der Waals surface area contributed by atoms with Gasteiger partial charge in [0, 0.05) is 12.1 Å². The summed E-state index contributed by atoms with van der Waals surface area (Å²) in [5.41, 5.74) is 0.152. The number of benzene rings is 2. The first kappa shape index (κ1) is 36.8. The molecule has 0 radical (unpaired) electrons. The average Bonchev–Trinajstić information content (AvgIpc) is 2.95. The third-order valence-corrected chi connectivity index (χ3v) is 7.99. The molecule has 0 aliphatic rings. The Hall–Kier alpha value is -2.37. The molecule has 0 amide bonds. The van der Waals surface area contributed by atoms with Crippen molar-refractivity contribution in [2.75, 3.05) is 0 Å².